The number of alkyl halides is 3. The van der Waals surface area contributed by atoms with Gasteiger partial charge in [-0.05, 0) is 53.8 Å². The molecule has 1 fully saturated rings. The zero-order valence-electron chi connectivity index (χ0n) is 26.1. The van der Waals surface area contributed by atoms with Gasteiger partial charge in [0.05, 0.1) is 89.5 Å². The fourth-order valence-corrected chi connectivity index (χ4v) is 6.23. The average Bonchev–Trinajstić information content (AvgIpc) is 2.96. The van der Waals surface area contributed by atoms with Gasteiger partial charge in [0, 0.05) is 34.3 Å². The highest BCUT2D eigenvalue weighted by molar-refractivity contribution is 9.10. The van der Waals surface area contributed by atoms with Gasteiger partial charge < -0.3 is 20.1 Å². The second-order valence-corrected chi connectivity index (χ2v) is 13.0. The minimum atomic E-state index is -5.03. The summed E-state index contributed by atoms with van der Waals surface area (Å²) in [6.45, 7) is 1.11. The van der Waals surface area contributed by atoms with E-state index in [0.29, 0.717) is 4.47 Å². The predicted octanol–water partition coefficient (Wildman–Crippen LogP) is 1.74. The summed E-state index contributed by atoms with van der Waals surface area (Å²) in [6, 6.07) is 9.91. The molecule has 228 valence electrons. The molecule has 1 unspecified atom stereocenters. The maximum absolute atomic E-state index is 14.1. The van der Waals surface area contributed by atoms with Crippen LogP contribution in [0.1, 0.15) is 40.2 Å². The third-order valence-electron chi connectivity index (χ3n) is 8.84. The summed E-state index contributed by atoms with van der Waals surface area (Å²) in [5.74, 6) is -3.74. The Hall–Kier alpha value is -2.69. The molecule has 2 heterocycles. The van der Waals surface area contributed by atoms with E-state index in [1.54, 1.807) is 12.1 Å². The number of fused-ring (bicyclic) bond motifs is 1. The number of rotatable bonds is 9. The van der Waals surface area contributed by atoms with Gasteiger partial charge in [-0.2, -0.15) is 0 Å². The lowest BCUT2D eigenvalue weighted by Crippen LogP contribution is -2.81. The van der Waals surface area contributed by atoms with Gasteiger partial charge in [0.25, 0.3) is 5.91 Å². The molecule has 1 amide bonds. The molecule has 0 saturated carbocycles. The smallest absolute Gasteiger partial charge is 0.481 e. The van der Waals surface area contributed by atoms with Crippen molar-refractivity contribution < 1.29 is 32.6 Å². The molecule has 1 saturated heterocycles. The van der Waals surface area contributed by atoms with E-state index < -0.39 is 62.6 Å². The number of nitrogens with zero attached hydrogens (tertiary/aromatic N) is 2. The summed E-state index contributed by atoms with van der Waals surface area (Å²) >= 11 is 3.37. The number of para-hydroxylation sites is 1. The van der Waals surface area contributed by atoms with Gasteiger partial charge in [-0.25, -0.2) is 4.98 Å². The summed E-state index contributed by atoms with van der Waals surface area (Å²) in [6.07, 6.45) is -5.63. The third-order valence-corrected chi connectivity index (χ3v) is 9.33. The Balaban J connectivity index is 1.87. The van der Waals surface area contributed by atoms with E-state index in [1.165, 1.54) is 31.2 Å². The average molecular weight is 706 g/mol. The van der Waals surface area contributed by atoms with Crippen LogP contribution in [0, 0.1) is 6.92 Å². The number of aromatic nitrogens is 1. The van der Waals surface area contributed by atoms with Gasteiger partial charge in [-0.1, -0.05) is 34.1 Å². The Morgan fingerprint density at radius 2 is 1.53 bits per heavy atom. The third kappa shape index (κ3) is 6.74. The molecular weight excluding hydrogens is 687 g/mol. The first kappa shape index (κ1) is 39.1. The SMILES string of the molecule is [B]C1([B])N(c2nc3ccc(Br)cc3c(C(=O)NCC(CCC(=O)O)c3ccccc3OC(F)(F)F)c2C)C([B])([B])C([B])([B])C([B])([B])C1([B])[B]. The summed E-state index contributed by atoms with van der Waals surface area (Å²) < 4.78 is 44.4. The Kier molecular flexibility index (Phi) is 10.5. The van der Waals surface area contributed by atoms with Crippen LogP contribution in [0.4, 0.5) is 19.0 Å². The minimum absolute atomic E-state index is 0.0121. The molecule has 2 N–H and O–H groups in total. The van der Waals surface area contributed by atoms with Crippen LogP contribution in [0.15, 0.2) is 46.9 Å². The molecule has 4 rings (SSSR count). The van der Waals surface area contributed by atoms with Crippen LogP contribution in [0.3, 0.4) is 0 Å². The zero-order valence-corrected chi connectivity index (χ0v) is 27.7. The van der Waals surface area contributed by atoms with Crippen molar-refractivity contribution in [3.63, 3.8) is 0 Å². The highest BCUT2D eigenvalue weighted by atomic mass is 79.9. The normalized spacial score (nSPS) is 19.5. The fraction of sp³-hybridized carbons (Fsp3) is 0.393. The van der Waals surface area contributed by atoms with Crippen LogP contribution in [0.2, 0.25) is 15.6 Å². The second kappa shape index (κ2) is 13.1. The molecule has 49 heavy (non-hydrogen) atoms. The lowest BCUT2D eigenvalue weighted by molar-refractivity contribution is -0.275. The fourth-order valence-electron chi connectivity index (χ4n) is 5.86. The van der Waals surface area contributed by atoms with Gasteiger partial charge in [-0.3, -0.25) is 9.59 Å². The van der Waals surface area contributed by atoms with Crippen molar-refractivity contribution in [3.8, 4) is 5.75 Å². The number of pyridine rings is 1. The largest absolute Gasteiger partial charge is 0.573 e. The van der Waals surface area contributed by atoms with Gasteiger partial charge in [-0.15, -0.1) is 28.8 Å². The first-order valence-electron chi connectivity index (χ1n) is 14.4. The maximum atomic E-state index is 14.1. The molecule has 3 aromatic rings. The summed E-state index contributed by atoms with van der Waals surface area (Å²) in [5.41, 5.74) is 0.169. The summed E-state index contributed by atoms with van der Waals surface area (Å²) in [5, 5.41) is -0.338. The number of carbonyl (C=O) groups excluding carboxylic acids is 1. The molecule has 0 aliphatic carbocycles. The molecule has 1 aromatic heterocycles. The number of halogens is 4. The summed E-state index contributed by atoms with van der Waals surface area (Å²) in [4.78, 5) is 31.0. The Morgan fingerprint density at radius 3 is 2.08 bits per heavy atom. The van der Waals surface area contributed by atoms with Crippen LogP contribution in [0.5, 0.6) is 5.75 Å². The van der Waals surface area contributed by atoms with Crippen molar-refractivity contribution in [1.29, 1.82) is 0 Å². The second-order valence-electron chi connectivity index (χ2n) is 12.1. The number of piperidine rings is 1. The Morgan fingerprint density at radius 1 is 0.959 bits per heavy atom. The number of carboxylic acids is 1. The van der Waals surface area contributed by atoms with E-state index in [-0.39, 0.29) is 46.4 Å². The number of anilines is 1. The van der Waals surface area contributed by atoms with Crippen LogP contribution < -0.4 is 15.0 Å². The zero-order chi connectivity index (χ0) is 37.1. The van der Waals surface area contributed by atoms with E-state index in [4.69, 9.17) is 78.5 Å². The van der Waals surface area contributed by atoms with Crippen LogP contribution in [-0.4, -0.2) is 124 Å². The summed E-state index contributed by atoms with van der Waals surface area (Å²) in [7, 11) is 63.5. The van der Waals surface area contributed by atoms with Gasteiger partial charge in [0.15, 0.2) is 0 Å². The number of hydrogen-bond donors (Lipinski definition) is 2. The van der Waals surface area contributed by atoms with E-state index >= 15 is 0 Å². The van der Waals surface area contributed by atoms with Gasteiger partial charge >= 0.3 is 12.3 Å². The molecule has 2 aromatic carbocycles. The molecule has 21 heteroatoms. The van der Waals surface area contributed by atoms with Crippen molar-refractivity contribution in [2.24, 2.45) is 0 Å². The predicted molar refractivity (Wildman–Crippen MR) is 193 cm³/mol. The van der Waals surface area contributed by atoms with Crippen molar-refractivity contribution in [2.75, 3.05) is 11.4 Å². The molecular formula is C28H19B10BrF3N3O4. The van der Waals surface area contributed by atoms with E-state index in [0.717, 1.165) is 11.0 Å². The molecule has 0 spiro atoms. The van der Waals surface area contributed by atoms with Crippen molar-refractivity contribution in [3.05, 3.63) is 63.6 Å². The maximum Gasteiger partial charge on any atom is 0.573 e. The number of benzene rings is 2. The van der Waals surface area contributed by atoms with E-state index in [1.807, 2.05) is 0 Å². The Labute approximate surface area is 304 Å². The van der Waals surface area contributed by atoms with E-state index in [9.17, 15) is 27.9 Å². The van der Waals surface area contributed by atoms with Crippen LogP contribution in [-0.2, 0) is 4.79 Å². The number of nitrogens with one attached hydrogen (secondary N) is 1. The minimum Gasteiger partial charge on any atom is -0.481 e. The molecule has 1 aliphatic rings. The van der Waals surface area contributed by atoms with Crippen molar-refractivity contribution in [2.45, 2.75) is 58.4 Å². The monoisotopic (exact) mass is 707 g/mol. The van der Waals surface area contributed by atoms with Crippen molar-refractivity contribution >= 4 is 123 Å². The quantitative estimate of drug-likeness (QED) is 0.330. The van der Waals surface area contributed by atoms with Crippen LogP contribution in [0.25, 0.3) is 10.9 Å². The number of carbonyl (C=O) groups is 2. The van der Waals surface area contributed by atoms with Crippen molar-refractivity contribution in [1.82, 2.24) is 10.3 Å². The number of hydrogen-bond acceptors (Lipinski definition) is 5. The topological polar surface area (TPSA) is 91.8 Å². The number of carboxylic acid groups (broad SMARTS) is 1. The highest BCUT2D eigenvalue weighted by Gasteiger charge is 2.64. The first-order chi connectivity index (χ1) is 22.3. The first-order valence-corrected chi connectivity index (χ1v) is 15.2. The van der Waals surface area contributed by atoms with Crippen LogP contribution >= 0.6 is 15.9 Å². The molecule has 0 bridgehead atoms. The molecule has 20 radical (unpaired) electrons. The molecule has 1 atom stereocenters. The number of amides is 1. The number of ether oxygens (including phenoxy) is 1. The number of aliphatic carboxylic acids is 1. The standard InChI is InChI=1S/C28H19B10BrF3N3O4/c1-12-20(22(48)43-11-13(6-9-19(46)47)15-4-2-3-5-18(15)49-28(40,41)42)16-10-14(39)7-8-17(16)44-21(12)45-26(35,36)24(31,32)23(29,30)25(33,34)27(45,37)38/h2-5,7-8,10,13H,6,9,11H2,1H3,(H,43,48)(H,46,47). The lowest BCUT2D eigenvalue weighted by atomic mass is 9.05. The van der Waals surface area contributed by atoms with Gasteiger partial charge in [0.2, 0.25) is 0 Å². The molecule has 7 nitrogen and oxygen atoms in total. The Bertz CT molecular complexity index is 1770. The highest BCUT2D eigenvalue weighted by Crippen LogP contribution is 2.69. The van der Waals surface area contributed by atoms with E-state index in [2.05, 4.69) is 31.0 Å². The lowest BCUT2D eigenvalue weighted by Gasteiger charge is -2.79. The van der Waals surface area contributed by atoms with Gasteiger partial charge in [0.1, 0.15) is 11.6 Å². The molecule has 1 aliphatic heterocycles.